The first-order chi connectivity index (χ1) is 18.0. The number of carbonyl (C=O) groups excluding carboxylic acids is 2. The fourth-order valence-electron chi connectivity index (χ4n) is 5.37. The number of carbonyl (C=O) groups is 2. The summed E-state index contributed by atoms with van der Waals surface area (Å²) in [6.07, 6.45) is 4.77. The lowest BCUT2D eigenvalue weighted by molar-refractivity contribution is -0.132. The maximum absolute atomic E-state index is 13.5. The van der Waals surface area contributed by atoms with E-state index in [2.05, 4.69) is 10.2 Å². The largest absolute Gasteiger partial charge is 0.490 e. The molecule has 0 spiro atoms. The molecule has 1 N–H and O–H groups in total. The molecule has 1 aromatic heterocycles. The molecule has 0 unspecified atom stereocenters. The number of likely N-dealkylation sites (tertiary alicyclic amines) is 1. The Kier molecular flexibility index (Phi) is 7.79. The van der Waals surface area contributed by atoms with Gasteiger partial charge in [-0.1, -0.05) is 41.9 Å². The molecule has 3 aromatic rings. The zero-order valence-corrected chi connectivity index (χ0v) is 21.9. The number of hydrogen-bond acceptors (Lipinski definition) is 4. The lowest BCUT2D eigenvalue weighted by Gasteiger charge is -2.38. The van der Waals surface area contributed by atoms with Crippen molar-refractivity contribution in [3.8, 4) is 5.75 Å². The van der Waals surface area contributed by atoms with Crippen LogP contribution in [-0.4, -0.2) is 58.1 Å². The lowest BCUT2D eigenvalue weighted by Crippen LogP contribution is -2.49. The molecule has 2 heterocycles. The van der Waals surface area contributed by atoms with Crippen LogP contribution in [0.5, 0.6) is 5.75 Å². The molecule has 2 amide bonds. The number of ether oxygens (including phenoxy) is 1. The van der Waals surface area contributed by atoms with Crippen LogP contribution in [0.2, 0.25) is 5.02 Å². The number of nitrogens with zero attached hydrogens (tertiary/aromatic N) is 3. The smallest absolute Gasteiger partial charge is 0.274 e. The van der Waals surface area contributed by atoms with Crippen LogP contribution in [0.25, 0.3) is 0 Å². The third kappa shape index (κ3) is 5.99. The van der Waals surface area contributed by atoms with Gasteiger partial charge in [0.25, 0.3) is 5.91 Å². The van der Waals surface area contributed by atoms with E-state index in [-0.39, 0.29) is 23.8 Å². The highest BCUT2D eigenvalue weighted by Crippen LogP contribution is 2.29. The van der Waals surface area contributed by atoms with E-state index in [0.29, 0.717) is 48.9 Å². The predicted molar refractivity (Wildman–Crippen MR) is 143 cm³/mol. The molecule has 8 heteroatoms. The summed E-state index contributed by atoms with van der Waals surface area (Å²) in [5.74, 6) is 0.545. The summed E-state index contributed by atoms with van der Waals surface area (Å²) in [5, 5.41) is 8.12. The highest BCUT2D eigenvalue weighted by Gasteiger charge is 2.37. The number of aryl methyl sites for hydroxylation is 1. The summed E-state index contributed by atoms with van der Waals surface area (Å²) in [6, 6.07) is 17.2. The van der Waals surface area contributed by atoms with Crippen molar-refractivity contribution >= 4 is 23.4 Å². The van der Waals surface area contributed by atoms with Crippen molar-refractivity contribution in [2.24, 2.45) is 5.92 Å². The van der Waals surface area contributed by atoms with Crippen LogP contribution in [0.1, 0.15) is 53.0 Å². The van der Waals surface area contributed by atoms with Crippen molar-refractivity contribution in [3.63, 3.8) is 0 Å². The Hall–Kier alpha value is -3.32. The number of hydrogen-bond donors (Lipinski definition) is 1. The van der Waals surface area contributed by atoms with Gasteiger partial charge in [0.2, 0.25) is 5.91 Å². The molecule has 0 saturated carbocycles. The van der Waals surface area contributed by atoms with E-state index < -0.39 is 0 Å². The summed E-state index contributed by atoms with van der Waals surface area (Å²) in [4.78, 5) is 30.4. The third-order valence-electron chi connectivity index (χ3n) is 7.44. The fraction of sp³-hybridized carbons (Fsp3) is 0.414. The van der Waals surface area contributed by atoms with Gasteiger partial charge in [-0.15, -0.1) is 0 Å². The van der Waals surface area contributed by atoms with Crippen LogP contribution >= 0.6 is 11.6 Å². The van der Waals surface area contributed by atoms with Gasteiger partial charge in [-0.2, -0.15) is 5.10 Å². The van der Waals surface area contributed by atoms with Gasteiger partial charge in [-0.3, -0.25) is 14.7 Å². The average molecular weight is 521 g/mol. The second-order valence-corrected chi connectivity index (χ2v) is 10.5. The molecular weight excluding hydrogens is 488 g/mol. The van der Waals surface area contributed by atoms with Gasteiger partial charge in [0.1, 0.15) is 11.9 Å². The highest BCUT2D eigenvalue weighted by atomic mass is 35.5. The molecule has 2 aliphatic rings. The molecule has 1 fully saturated rings. The number of halogens is 1. The summed E-state index contributed by atoms with van der Waals surface area (Å²) < 4.78 is 6.34. The second kappa shape index (κ2) is 11.4. The van der Waals surface area contributed by atoms with E-state index in [4.69, 9.17) is 16.3 Å². The van der Waals surface area contributed by atoms with Gasteiger partial charge in [0.15, 0.2) is 5.69 Å². The Morgan fingerprint density at radius 1 is 1.11 bits per heavy atom. The zero-order chi connectivity index (χ0) is 25.8. The molecule has 5 rings (SSSR count). The number of aromatic nitrogens is 2. The minimum absolute atomic E-state index is 0.0324. The van der Waals surface area contributed by atoms with E-state index in [1.165, 1.54) is 0 Å². The summed E-state index contributed by atoms with van der Waals surface area (Å²) >= 11 is 6.05. The van der Waals surface area contributed by atoms with Crippen molar-refractivity contribution in [3.05, 3.63) is 82.1 Å². The number of rotatable bonds is 7. The Labute approximate surface area is 222 Å². The van der Waals surface area contributed by atoms with Crippen molar-refractivity contribution < 1.29 is 14.3 Å². The van der Waals surface area contributed by atoms with E-state index in [1.807, 2.05) is 54.4 Å². The number of H-pyrrole nitrogens is 1. The van der Waals surface area contributed by atoms with E-state index in [0.717, 1.165) is 42.5 Å². The molecule has 1 aliphatic heterocycles. The Morgan fingerprint density at radius 2 is 1.86 bits per heavy atom. The van der Waals surface area contributed by atoms with Crippen molar-refractivity contribution in [1.82, 2.24) is 20.0 Å². The minimum Gasteiger partial charge on any atom is -0.490 e. The summed E-state index contributed by atoms with van der Waals surface area (Å²) in [7, 11) is 1.83. The average Bonchev–Trinajstić information content (AvgIpc) is 3.35. The Balaban J connectivity index is 1.31. The van der Waals surface area contributed by atoms with Gasteiger partial charge >= 0.3 is 0 Å². The Morgan fingerprint density at radius 3 is 2.65 bits per heavy atom. The van der Waals surface area contributed by atoms with Crippen LogP contribution in [-0.2, 0) is 24.2 Å². The first-order valence-corrected chi connectivity index (χ1v) is 13.4. The fourth-order valence-corrected chi connectivity index (χ4v) is 5.49. The van der Waals surface area contributed by atoms with E-state index in [1.54, 1.807) is 17.0 Å². The normalized spacial score (nSPS) is 19.2. The van der Waals surface area contributed by atoms with E-state index in [9.17, 15) is 9.59 Å². The van der Waals surface area contributed by atoms with Crippen LogP contribution in [0.15, 0.2) is 54.6 Å². The van der Waals surface area contributed by atoms with Gasteiger partial charge < -0.3 is 14.5 Å². The maximum Gasteiger partial charge on any atom is 0.274 e. The molecule has 37 heavy (non-hydrogen) atoms. The topological polar surface area (TPSA) is 78.5 Å². The minimum atomic E-state index is -0.188. The SMILES string of the molecule is CN(Cc1ccccc1)C(=O)C[C@H]1CN(C(=O)c2n[nH]c3c2CCCC3)CC[C@@H]1Oc1ccc(Cl)cc1. The molecule has 0 bridgehead atoms. The van der Waals surface area contributed by atoms with Crippen molar-refractivity contribution in [2.75, 3.05) is 20.1 Å². The first kappa shape index (κ1) is 25.3. The van der Waals surface area contributed by atoms with Crippen molar-refractivity contribution in [1.29, 1.82) is 0 Å². The third-order valence-corrected chi connectivity index (χ3v) is 7.69. The molecular formula is C29H33ClN4O3. The molecule has 2 atom stereocenters. The molecule has 1 aliphatic carbocycles. The van der Waals surface area contributed by atoms with E-state index >= 15 is 0 Å². The van der Waals surface area contributed by atoms with Crippen LogP contribution < -0.4 is 4.74 Å². The Bertz CT molecular complexity index is 1230. The van der Waals surface area contributed by atoms with Gasteiger partial charge in [-0.25, -0.2) is 0 Å². The number of aromatic amines is 1. The van der Waals surface area contributed by atoms with Crippen LogP contribution in [0, 0.1) is 5.92 Å². The first-order valence-electron chi connectivity index (χ1n) is 13.0. The van der Waals surface area contributed by atoms with Crippen molar-refractivity contribution in [2.45, 2.75) is 51.2 Å². The number of nitrogens with one attached hydrogen (secondary N) is 1. The number of piperidine rings is 1. The molecule has 2 aromatic carbocycles. The maximum atomic E-state index is 13.5. The van der Waals surface area contributed by atoms with Gasteiger partial charge in [0.05, 0.1) is 0 Å². The second-order valence-electron chi connectivity index (χ2n) is 10.1. The van der Waals surface area contributed by atoms with Gasteiger partial charge in [0, 0.05) is 61.7 Å². The summed E-state index contributed by atoms with van der Waals surface area (Å²) in [5.41, 5.74) is 3.77. The number of amides is 2. The lowest BCUT2D eigenvalue weighted by atomic mass is 9.90. The molecule has 194 valence electrons. The summed E-state index contributed by atoms with van der Waals surface area (Å²) in [6.45, 7) is 1.55. The number of fused-ring (bicyclic) bond motifs is 1. The highest BCUT2D eigenvalue weighted by molar-refractivity contribution is 6.30. The molecule has 0 radical (unpaired) electrons. The quantitative estimate of drug-likeness (QED) is 0.480. The predicted octanol–water partition coefficient (Wildman–Crippen LogP) is 4.90. The van der Waals surface area contributed by atoms with Gasteiger partial charge in [-0.05, 0) is 55.5 Å². The van der Waals surface area contributed by atoms with Crippen LogP contribution in [0.3, 0.4) is 0 Å². The molecule has 7 nitrogen and oxygen atoms in total. The van der Waals surface area contributed by atoms with Crippen LogP contribution in [0.4, 0.5) is 0 Å². The monoisotopic (exact) mass is 520 g/mol. The standard InChI is InChI=1S/C29H33ClN4O3/c1-33(18-20-7-3-2-4-8-20)27(35)17-21-19-34(16-15-26(21)37-23-13-11-22(30)12-14-23)29(36)28-24-9-5-6-10-25(24)31-32-28/h2-4,7-8,11-14,21,26H,5-6,9-10,15-19H2,1H3,(H,31,32)/t21-,26-/m0/s1. The molecule has 1 saturated heterocycles. The number of benzene rings is 2. The zero-order valence-electron chi connectivity index (χ0n) is 21.2.